The van der Waals surface area contributed by atoms with Gasteiger partial charge in [-0.05, 0) is 48.4 Å². The van der Waals surface area contributed by atoms with Gasteiger partial charge in [-0.1, -0.05) is 13.8 Å². The number of rotatable bonds is 2. The lowest BCUT2D eigenvalue weighted by Crippen LogP contribution is -2.08. The molecule has 0 spiro atoms. The van der Waals surface area contributed by atoms with E-state index in [0.29, 0.717) is 17.7 Å². The first-order chi connectivity index (χ1) is 8.40. The van der Waals surface area contributed by atoms with E-state index in [-0.39, 0.29) is 0 Å². The lowest BCUT2D eigenvalue weighted by molar-refractivity contribution is 0.740. The smallest absolute Gasteiger partial charge is 0.252 e. The topological polar surface area (TPSA) is 69.6 Å². The summed E-state index contributed by atoms with van der Waals surface area (Å²) >= 11 is 2.22. The maximum absolute atomic E-state index is 6.09. The number of anilines is 1. The highest BCUT2D eigenvalue weighted by atomic mass is 127. The molecular formula is C12H16IN5. The van der Waals surface area contributed by atoms with E-state index >= 15 is 0 Å². The van der Waals surface area contributed by atoms with Crippen LogP contribution in [0.1, 0.15) is 36.8 Å². The molecule has 96 valence electrons. The minimum absolute atomic E-state index is 0.325. The molecule has 18 heavy (non-hydrogen) atoms. The van der Waals surface area contributed by atoms with Crippen LogP contribution in [0.3, 0.4) is 0 Å². The van der Waals surface area contributed by atoms with Crippen LogP contribution in [0.15, 0.2) is 6.07 Å². The zero-order valence-electron chi connectivity index (χ0n) is 10.9. The summed E-state index contributed by atoms with van der Waals surface area (Å²) in [6, 6.07) is 1.93. The standard InChI is InChI=1S/C12H16IN5/c1-6(2)10-9(13)11(14)18(17-10)12-15-7(3)5-8(4)16-12/h5-6H,14H2,1-4H3. The first-order valence-electron chi connectivity index (χ1n) is 5.76. The van der Waals surface area contributed by atoms with Gasteiger partial charge in [-0.3, -0.25) is 0 Å². The molecule has 0 fully saturated rings. The first kappa shape index (κ1) is 13.3. The fourth-order valence-electron chi connectivity index (χ4n) is 1.75. The maximum Gasteiger partial charge on any atom is 0.252 e. The van der Waals surface area contributed by atoms with Crippen molar-refractivity contribution in [3.63, 3.8) is 0 Å². The zero-order valence-corrected chi connectivity index (χ0v) is 13.1. The van der Waals surface area contributed by atoms with Crippen molar-refractivity contribution in [1.82, 2.24) is 19.7 Å². The summed E-state index contributed by atoms with van der Waals surface area (Å²) in [4.78, 5) is 8.77. The second-order valence-electron chi connectivity index (χ2n) is 4.60. The van der Waals surface area contributed by atoms with Crippen LogP contribution in [0, 0.1) is 17.4 Å². The van der Waals surface area contributed by atoms with Gasteiger partial charge in [-0.25, -0.2) is 9.97 Å². The molecule has 5 nitrogen and oxygen atoms in total. The van der Waals surface area contributed by atoms with Crippen molar-refractivity contribution in [2.24, 2.45) is 0 Å². The fourth-order valence-corrected chi connectivity index (χ4v) is 2.71. The van der Waals surface area contributed by atoms with E-state index in [1.54, 1.807) is 4.68 Å². The number of aromatic nitrogens is 4. The van der Waals surface area contributed by atoms with Crippen molar-refractivity contribution in [3.8, 4) is 5.95 Å². The van der Waals surface area contributed by atoms with Crippen LogP contribution < -0.4 is 5.73 Å². The number of nitrogens with two attached hydrogens (primary N) is 1. The molecule has 0 aromatic carbocycles. The van der Waals surface area contributed by atoms with Gasteiger partial charge >= 0.3 is 0 Å². The average molecular weight is 357 g/mol. The van der Waals surface area contributed by atoms with Gasteiger partial charge in [-0.15, -0.1) is 0 Å². The minimum atomic E-state index is 0.325. The minimum Gasteiger partial charge on any atom is -0.383 e. The van der Waals surface area contributed by atoms with Crippen LogP contribution in [0.5, 0.6) is 0 Å². The van der Waals surface area contributed by atoms with Crippen LogP contribution in [-0.4, -0.2) is 19.7 Å². The molecule has 0 aliphatic heterocycles. The summed E-state index contributed by atoms with van der Waals surface area (Å²) in [6.07, 6.45) is 0. The average Bonchev–Trinajstić information content (AvgIpc) is 2.55. The van der Waals surface area contributed by atoms with E-state index in [1.165, 1.54) is 0 Å². The Kier molecular flexibility index (Phi) is 3.56. The molecule has 0 aliphatic rings. The summed E-state index contributed by atoms with van der Waals surface area (Å²) in [5.41, 5.74) is 8.89. The molecule has 0 saturated carbocycles. The van der Waals surface area contributed by atoms with Gasteiger partial charge in [0, 0.05) is 11.4 Å². The predicted molar refractivity (Wildman–Crippen MR) is 79.8 cm³/mol. The lowest BCUT2D eigenvalue weighted by Gasteiger charge is -2.04. The Morgan fingerprint density at radius 1 is 1.22 bits per heavy atom. The van der Waals surface area contributed by atoms with Crippen molar-refractivity contribution < 1.29 is 0 Å². The summed E-state index contributed by atoms with van der Waals surface area (Å²) in [5, 5.41) is 4.52. The van der Waals surface area contributed by atoms with E-state index in [9.17, 15) is 0 Å². The first-order valence-corrected chi connectivity index (χ1v) is 6.84. The number of nitrogens with zero attached hydrogens (tertiary/aromatic N) is 4. The van der Waals surface area contributed by atoms with Crippen LogP contribution >= 0.6 is 22.6 Å². The van der Waals surface area contributed by atoms with Gasteiger partial charge in [0.25, 0.3) is 5.95 Å². The molecule has 2 heterocycles. The monoisotopic (exact) mass is 357 g/mol. The third kappa shape index (κ3) is 2.33. The van der Waals surface area contributed by atoms with Crippen molar-refractivity contribution in [1.29, 1.82) is 0 Å². The largest absolute Gasteiger partial charge is 0.383 e. The van der Waals surface area contributed by atoms with Gasteiger partial charge in [0.2, 0.25) is 0 Å². The van der Waals surface area contributed by atoms with Gasteiger partial charge in [0.05, 0.1) is 9.26 Å². The Hall–Kier alpha value is -1.18. The predicted octanol–water partition coefficient (Wildman–Crippen LogP) is 2.59. The second-order valence-corrected chi connectivity index (χ2v) is 5.68. The van der Waals surface area contributed by atoms with Crippen LogP contribution in [0.2, 0.25) is 0 Å². The Morgan fingerprint density at radius 2 is 1.78 bits per heavy atom. The van der Waals surface area contributed by atoms with E-state index in [2.05, 4.69) is 51.5 Å². The third-order valence-corrected chi connectivity index (χ3v) is 3.70. The van der Waals surface area contributed by atoms with Crippen molar-refractivity contribution in [2.75, 3.05) is 5.73 Å². The van der Waals surface area contributed by atoms with Crippen molar-refractivity contribution in [3.05, 3.63) is 26.7 Å². The van der Waals surface area contributed by atoms with E-state index in [0.717, 1.165) is 20.7 Å². The molecule has 2 aromatic rings. The molecule has 0 radical (unpaired) electrons. The highest BCUT2D eigenvalue weighted by molar-refractivity contribution is 14.1. The molecule has 2 rings (SSSR count). The third-order valence-electron chi connectivity index (χ3n) is 2.59. The van der Waals surface area contributed by atoms with Crippen molar-refractivity contribution >= 4 is 28.4 Å². The number of aryl methyl sites for hydroxylation is 2. The molecule has 0 bridgehead atoms. The molecule has 0 unspecified atom stereocenters. The molecule has 0 saturated heterocycles. The van der Waals surface area contributed by atoms with E-state index < -0.39 is 0 Å². The summed E-state index contributed by atoms with van der Waals surface area (Å²) in [5.74, 6) is 1.46. The quantitative estimate of drug-likeness (QED) is 0.839. The molecule has 0 aliphatic carbocycles. The van der Waals surface area contributed by atoms with Gasteiger partial charge in [0.1, 0.15) is 5.82 Å². The number of hydrogen-bond donors (Lipinski definition) is 1. The number of hydrogen-bond acceptors (Lipinski definition) is 4. The van der Waals surface area contributed by atoms with Crippen LogP contribution in [-0.2, 0) is 0 Å². The molecule has 6 heteroatoms. The Bertz CT molecular complexity index is 568. The van der Waals surface area contributed by atoms with Crippen LogP contribution in [0.4, 0.5) is 5.82 Å². The molecule has 2 aromatic heterocycles. The highest BCUT2D eigenvalue weighted by Gasteiger charge is 2.18. The zero-order chi connectivity index (χ0) is 13.4. The maximum atomic E-state index is 6.09. The highest BCUT2D eigenvalue weighted by Crippen LogP contribution is 2.26. The molecular weight excluding hydrogens is 341 g/mol. The summed E-state index contributed by atoms with van der Waals surface area (Å²) < 4.78 is 2.60. The Morgan fingerprint density at radius 3 is 2.22 bits per heavy atom. The molecule has 0 atom stereocenters. The van der Waals surface area contributed by atoms with Crippen LogP contribution in [0.25, 0.3) is 5.95 Å². The molecule has 0 amide bonds. The van der Waals surface area contributed by atoms with E-state index in [1.807, 2.05) is 19.9 Å². The SMILES string of the molecule is Cc1cc(C)nc(-n2nc(C(C)C)c(I)c2N)n1. The second kappa shape index (κ2) is 4.83. The summed E-state index contributed by atoms with van der Waals surface area (Å²) in [7, 11) is 0. The van der Waals surface area contributed by atoms with Gasteiger partial charge in [0.15, 0.2) is 0 Å². The van der Waals surface area contributed by atoms with Gasteiger partial charge < -0.3 is 5.73 Å². The van der Waals surface area contributed by atoms with E-state index in [4.69, 9.17) is 5.73 Å². The Balaban J connectivity index is 2.60. The Labute approximate surface area is 120 Å². The fraction of sp³-hybridized carbons (Fsp3) is 0.417. The van der Waals surface area contributed by atoms with Crippen molar-refractivity contribution in [2.45, 2.75) is 33.6 Å². The molecule has 2 N–H and O–H groups in total. The lowest BCUT2D eigenvalue weighted by atomic mass is 10.1. The normalized spacial score (nSPS) is 11.2. The number of halogens is 1. The van der Waals surface area contributed by atoms with Gasteiger partial charge in [-0.2, -0.15) is 9.78 Å². The number of nitrogen functional groups attached to an aromatic ring is 1. The summed E-state index contributed by atoms with van der Waals surface area (Å²) in [6.45, 7) is 8.06.